The normalized spacial score (nSPS) is 18.0. The second-order valence-electron chi connectivity index (χ2n) is 5.62. The quantitative estimate of drug-likeness (QED) is 0.756. The molecule has 1 aliphatic heterocycles. The van der Waals surface area contributed by atoms with Crippen LogP contribution in [0.2, 0.25) is 0 Å². The van der Waals surface area contributed by atoms with Gasteiger partial charge in [-0.2, -0.15) is 13.2 Å². The monoisotopic (exact) mass is 330 g/mol. The fraction of sp³-hybridized carbons (Fsp3) is 0.562. The summed E-state index contributed by atoms with van der Waals surface area (Å²) in [4.78, 5) is 11.7. The first-order valence-electron chi connectivity index (χ1n) is 7.72. The van der Waals surface area contributed by atoms with Gasteiger partial charge in [0.15, 0.2) is 0 Å². The summed E-state index contributed by atoms with van der Waals surface area (Å²) in [6.07, 6.45) is -1.96. The predicted octanol–water partition coefficient (Wildman–Crippen LogP) is 2.59. The van der Waals surface area contributed by atoms with Gasteiger partial charge in [-0.1, -0.05) is 6.07 Å². The molecule has 2 N–H and O–H groups in total. The van der Waals surface area contributed by atoms with E-state index in [0.717, 1.165) is 38.1 Å². The van der Waals surface area contributed by atoms with Crippen LogP contribution in [-0.4, -0.2) is 32.1 Å². The van der Waals surface area contributed by atoms with Crippen LogP contribution in [0.15, 0.2) is 24.3 Å². The molecule has 0 saturated carbocycles. The second kappa shape index (κ2) is 8.19. The van der Waals surface area contributed by atoms with E-state index in [4.69, 9.17) is 4.74 Å². The molecule has 1 amide bonds. The van der Waals surface area contributed by atoms with Crippen LogP contribution in [0.3, 0.4) is 0 Å². The lowest BCUT2D eigenvalue weighted by molar-refractivity contribution is -0.137. The summed E-state index contributed by atoms with van der Waals surface area (Å²) in [7, 11) is 0. The third kappa shape index (κ3) is 6.09. The van der Waals surface area contributed by atoms with Crippen LogP contribution < -0.4 is 15.4 Å². The Bertz CT molecular complexity index is 514. The molecular formula is C16H21F3N2O2. The number of carbonyl (C=O) groups is 1. The maximum Gasteiger partial charge on any atom is 0.416 e. The highest BCUT2D eigenvalue weighted by Gasteiger charge is 2.30. The number of carbonyl (C=O) groups excluding carboxylic acids is 1. The highest BCUT2D eigenvalue weighted by Crippen LogP contribution is 2.31. The van der Waals surface area contributed by atoms with Crippen LogP contribution in [0.4, 0.5) is 13.2 Å². The summed E-state index contributed by atoms with van der Waals surface area (Å²) in [6.45, 7) is 2.39. The van der Waals surface area contributed by atoms with Crippen LogP contribution in [0.25, 0.3) is 0 Å². The van der Waals surface area contributed by atoms with Gasteiger partial charge in [-0.05, 0) is 50.0 Å². The minimum atomic E-state index is -4.39. The van der Waals surface area contributed by atoms with Crippen molar-refractivity contribution in [2.75, 3.05) is 26.2 Å². The van der Waals surface area contributed by atoms with Crippen molar-refractivity contribution >= 4 is 5.91 Å². The molecule has 1 saturated heterocycles. The van der Waals surface area contributed by atoms with E-state index in [9.17, 15) is 18.0 Å². The molecule has 1 unspecified atom stereocenters. The predicted molar refractivity (Wildman–Crippen MR) is 80.2 cm³/mol. The summed E-state index contributed by atoms with van der Waals surface area (Å²) >= 11 is 0. The molecule has 1 aromatic rings. The molecule has 1 atom stereocenters. The van der Waals surface area contributed by atoms with E-state index in [1.807, 2.05) is 0 Å². The zero-order valence-corrected chi connectivity index (χ0v) is 12.8. The van der Waals surface area contributed by atoms with Gasteiger partial charge in [0, 0.05) is 6.42 Å². The van der Waals surface area contributed by atoms with Crippen molar-refractivity contribution in [2.24, 2.45) is 5.92 Å². The van der Waals surface area contributed by atoms with Gasteiger partial charge in [-0.25, -0.2) is 0 Å². The van der Waals surface area contributed by atoms with Gasteiger partial charge in [-0.15, -0.1) is 0 Å². The van der Waals surface area contributed by atoms with E-state index in [0.29, 0.717) is 12.3 Å². The van der Waals surface area contributed by atoms with Crippen molar-refractivity contribution < 1.29 is 22.7 Å². The van der Waals surface area contributed by atoms with E-state index in [1.54, 1.807) is 0 Å². The van der Waals surface area contributed by atoms with Crippen molar-refractivity contribution in [1.29, 1.82) is 0 Å². The number of amides is 1. The van der Waals surface area contributed by atoms with E-state index in [-0.39, 0.29) is 24.8 Å². The van der Waals surface area contributed by atoms with E-state index in [2.05, 4.69) is 10.6 Å². The lowest BCUT2D eigenvalue weighted by atomic mass is 10.0. The number of hydrogen-bond acceptors (Lipinski definition) is 3. The summed E-state index contributed by atoms with van der Waals surface area (Å²) in [6, 6.07) is 4.71. The molecule has 0 aromatic heterocycles. The Morgan fingerprint density at radius 1 is 1.39 bits per heavy atom. The number of rotatable bonds is 7. The Morgan fingerprint density at radius 2 is 2.22 bits per heavy atom. The van der Waals surface area contributed by atoms with Gasteiger partial charge in [0.1, 0.15) is 12.4 Å². The SMILES string of the molecule is O=C(CCC1CCNC1)NCCOc1cccc(C(F)(F)F)c1. The second-order valence-corrected chi connectivity index (χ2v) is 5.62. The molecule has 0 bridgehead atoms. The largest absolute Gasteiger partial charge is 0.492 e. The highest BCUT2D eigenvalue weighted by atomic mass is 19.4. The molecule has 23 heavy (non-hydrogen) atoms. The molecule has 0 spiro atoms. The Kier molecular flexibility index (Phi) is 6.27. The van der Waals surface area contributed by atoms with Crippen LogP contribution in [-0.2, 0) is 11.0 Å². The molecule has 7 heteroatoms. The van der Waals surface area contributed by atoms with Crippen molar-refractivity contribution in [3.05, 3.63) is 29.8 Å². The number of ether oxygens (including phenoxy) is 1. The first kappa shape index (κ1) is 17.6. The highest BCUT2D eigenvalue weighted by molar-refractivity contribution is 5.75. The molecule has 1 fully saturated rings. The van der Waals surface area contributed by atoms with Crippen molar-refractivity contribution in [2.45, 2.75) is 25.4 Å². The molecule has 1 aliphatic rings. The summed E-state index contributed by atoms with van der Waals surface area (Å²) in [5, 5.41) is 5.96. The third-order valence-electron chi connectivity index (χ3n) is 3.80. The Morgan fingerprint density at radius 3 is 2.91 bits per heavy atom. The summed E-state index contributed by atoms with van der Waals surface area (Å²) < 4.78 is 42.9. The number of nitrogens with one attached hydrogen (secondary N) is 2. The topological polar surface area (TPSA) is 50.4 Å². The zero-order valence-electron chi connectivity index (χ0n) is 12.8. The van der Waals surface area contributed by atoms with Gasteiger partial charge in [0.2, 0.25) is 5.91 Å². The Labute approximate surface area is 133 Å². The molecule has 4 nitrogen and oxygen atoms in total. The van der Waals surface area contributed by atoms with E-state index >= 15 is 0 Å². The van der Waals surface area contributed by atoms with Gasteiger partial charge in [-0.3, -0.25) is 4.79 Å². The van der Waals surface area contributed by atoms with Crippen molar-refractivity contribution in [1.82, 2.24) is 10.6 Å². The fourth-order valence-electron chi connectivity index (χ4n) is 2.51. The lowest BCUT2D eigenvalue weighted by Gasteiger charge is -2.11. The van der Waals surface area contributed by atoms with Crippen molar-refractivity contribution in [3.63, 3.8) is 0 Å². The number of hydrogen-bond donors (Lipinski definition) is 2. The first-order valence-corrected chi connectivity index (χ1v) is 7.72. The minimum absolute atomic E-state index is 0.0513. The van der Waals surface area contributed by atoms with Gasteiger partial charge < -0.3 is 15.4 Å². The van der Waals surface area contributed by atoms with Crippen molar-refractivity contribution in [3.8, 4) is 5.75 Å². The summed E-state index contributed by atoms with van der Waals surface area (Å²) in [5.74, 6) is 0.651. The van der Waals surface area contributed by atoms with Crippen LogP contribution in [0, 0.1) is 5.92 Å². The first-order chi connectivity index (χ1) is 10.9. The smallest absolute Gasteiger partial charge is 0.416 e. The molecule has 0 radical (unpaired) electrons. The molecule has 2 rings (SSSR count). The summed E-state index contributed by atoms with van der Waals surface area (Å²) in [5.41, 5.74) is -0.746. The van der Waals surface area contributed by atoms with E-state index < -0.39 is 11.7 Å². The maximum absolute atomic E-state index is 12.6. The van der Waals surface area contributed by atoms with Gasteiger partial charge >= 0.3 is 6.18 Å². The van der Waals surface area contributed by atoms with Gasteiger partial charge in [0.25, 0.3) is 0 Å². The Hall–Kier alpha value is -1.76. The molecule has 1 aromatic carbocycles. The average molecular weight is 330 g/mol. The van der Waals surface area contributed by atoms with Crippen LogP contribution >= 0.6 is 0 Å². The zero-order chi connectivity index (χ0) is 16.7. The third-order valence-corrected chi connectivity index (χ3v) is 3.80. The number of benzene rings is 1. The van der Waals surface area contributed by atoms with Crippen LogP contribution in [0.1, 0.15) is 24.8 Å². The molecular weight excluding hydrogens is 309 g/mol. The lowest BCUT2D eigenvalue weighted by Crippen LogP contribution is -2.28. The average Bonchev–Trinajstić information content (AvgIpc) is 3.02. The van der Waals surface area contributed by atoms with Gasteiger partial charge in [0.05, 0.1) is 12.1 Å². The fourth-order valence-corrected chi connectivity index (χ4v) is 2.51. The number of alkyl halides is 3. The number of halogens is 3. The molecule has 0 aliphatic carbocycles. The molecule has 1 heterocycles. The van der Waals surface area contributed by atoms with Crippen LogP contribution in [0.5, 0.6) is 5.75 Å². The standard InChI is InChI=1S/C16H21F3N2O2/c17-16(18,19)13-2-1-3-14(10-13)23-9-8-21-15(22)5-4-12-6-7-20-11-12/h1-3,10,12,20H,4-9,11H2,(H,21,22). The van der Waals surface area contributed by atoms with E-state index in [1.165, 1.54) is 12.1 Å². The maximum atomic E-state index is 12.6. The molecule has 128 valence electrons. The Balaban J connectivity index is 1.64. The minimum Gasteiger partial charge on any atom is -0.492 e.